The third kappa shape index (κ3) is 4.40. The van der Waals surface area contributed by atoms with Gasteiger partial charge >= 0.3 is 6.03 Å². The number of ether oxygens (including phenoxy) is 1. The van der Waals surface area contributed by atoms with E-state index in [2.05, 4.69) is 12.2 Å². The first-order chi connectivity index (χ1) is 11.2. The number of nitrogens with zero attached hydrogens (tertiary/aromatic N) is 1. The van der Waals surface area contributed by atoms with Crippen molar-refractivity contribution in [3.63, 3.8) is 0 Å². The van der Waals surface area contributed by atoms with Gasteiger partial charge in [-0.3, -0.25) is 0 Å². The van der Waals surface area contributed by atoms with E-state index in [0.29, 0.717) is 23.9 Å². The van der Waals surface area contributed by atoms with Gasteiger partial charge in [-0.05, 0) is 69.1 Å². The molecule has 0 aromatic carbocycles. The molecule has 3 aliphatic rings. The molecule has 4 nitrogen and oxygen atoms in total. The van der Waals surface area contributed by atoms with Crippen molar-refractivity contribution in [3.8, 4) is 0 Å². The van der Waals surface area contributed by atoms with Gasteiger partial charge in [-0.1, -0.05) is 13.3 Å². The maximum Gasteiger partial charge on any atom is 0.317 e. The maximum absolute atomic E-state index is 12.8. The van der Waals surface area contributed by atoms with Gasteiger partial charge < -0.3 is 15.0 Å². The van der Waals surface area contributed by atoms with Crippen molar-refractivity contribution in [1.82, 2.24) is 10.2 Å². The Morgan fingerprint density at radius 3 is 2.22 bits per heavy atom. The molecule has 1 saturated heterocycles. The number of nitrogens with one attached hydrogen (secondary N) is 1. The Bertz CT molecular complexity index is 383. The minimum atomic E-state index is 0.161. The van der Waals surface area contributed by atoms with E-state index >= 15 is 0 Å². The van der Waals surface area contributed by atoms with Crippen molar-refractivity contribution in [2.75, 3.05) is 20.3 Å². The van der Waals surface area contributed by atoms with Crippen LogP contribution in [0.25, 0.3) is 0 Å². The first-order valence-corrected chi connectivity index (χ1v) is 9.80. The molecular weight excluding hydrogens is 288 g/mol. The quantitative estimate of drug-likeness (QED) is 0.836. The zero-order valence-corrected chi connectivity index (χ0v) is 14.9. The Morgan fingerprint density at radius 2 is 1.65 bits per heavy atom. The van der Waals surface area contributed by atoms with Crippen LogP contribution in [0.4, 0.5) is 4.79 Å². The first kappa shape index (κ1) is 17.1. The largest absolute Gasteiger partial charge is 0.381 e. The van der Waals surface area contributed by atoms with Gasteiger partial charge in [0, 0.05) is 32.3 Å². The Hall–Kier alpha value is -0.770. The van der Waals surface area contributed by atoms with Gasteiger partial charge in [-0.2, -0.15) is 0 Å². The summed E-state index contributed by atoms with van der Waals surface area (Å²) >= 11 is 0. The normalized spacial score (nSPS) is 30.7. The van der Waals surface area contributed by atoms with E-state index in [1.54, 1.807) is 0 Å². The van der Waals surface area contributed by atoms with Crippen LogP contribution in [-0.2, 0) is 4.74 Å². The Kier molecular flexibility index (Phi) is 5.84. The summed E-state index contributed by atoms with van der Waals surface area (Å²) in [5, 5.41) is 3.40. The summed E-state index contributed by atoms with van der Waals surface area (Å²) in [6.07, 6.45) is 11.0. The second kappa shape index (κ2) is 7.87. The molecule has 3 fully saturated rings. The number of amides is 2. The Balaban J connectivity index is 1.52. The van der Waals surface area contributed by atoms with E-state index in [1.165, 1.54) is 44.9 Å². The van der Waals surface area contributed by atoms with E-state index < -0.39 is 0 Å². The molecule has 0 radical (unpaired) electrons. The third-order valence-corrected chi connectivity index (χ3v) is 6.46. The van der Waals surface area contributed by atoms with Crippen molar-refractivity contribution in [1.29, 1.82) is 0 Å². The third-order valence-electron chi connectivity index (χ3n) is 6.46. The Labute approximate surface area is 141 Å². The predicted octanol–water partition coefficient (Wildman–Crippen LogP) is 3.80. The second-order valence-electron chi connectivity index (χ2n) is 7.96. The van der Waals surface area contributed by atoms with Crippen molar-refractivity contribution in [2.45, 2.75) is 76.8 Å². The average molecular weight is 322 g/mol. The van der Waals surface area contributed by atoms with E-state index in [-0.39, 0.29) is 6.03 Å². The van der Waals surface area contributed by atoms with E-state index in [9.17, 15) is 4.79 Å². The highest BCUT2D eigenvalue weighted by atomic mass is 16.5. The summed E-state index contributed by atoms with van der Waals surface area (Å²) < 4.78 is 5.50. The lowest BCUT2D eigenvalue weighted by Gasteiger charge is -2.37. The van der Waals surface area contributed by atoms with Gasteiger partial charge in [-0.15, -0.1) is 0 Å². The van der Waals surface area contributed by atoms with Crippen LogP contribution in [0.5, 0.6) is 0 Å². The van der Waals surface area contributed by atoms with Crippen LogP contribution >= 0.6 is 0 Å². The average Bonchev–Trinajstić information content (AvgIpc) is 3.44. The molecule has 0 bridgehead atoms. The molecule has 1 aliphatic heterocycles. The highest BCUT2D eigenvalue weighted by Gasteiger charge is 2.39. The summed E-state index contributed by atoms with van der Waals surface area (Å²) in [4.78, 5) is 14.8. The molecule has 0 spiro atoms. The minimum absolute atomic E-state index is 0.161. The lowest BCUT2D eigenvalue weighted by Crippen LogP contribution is -2.51. The van der Waals surface area contributed by atoms with Gasteiger partial charge in [0.05, 0.1) is 0 Å². The predicted molar refractivity (Wildman–Crippen MR) is 92.4 cm³/mol. The fourth-order valence-corrected chi connectivity index (χ4v) is 4.50. The molecule has 1 N–H and O–H groups in total. The van der Waals surface area contributed by atoms with Crippen LogP contribution in [0.1, 0.15) is 64.7 Å². The molecule has 3 rings (SSSR count). The summed E-state index contributed by atoms with van der Waals surface area (Å²) in [5.74, 6) is 2.21. The standard InChI is InChI=1S/C19H34N2O2/c1-3-14-4-8-17(9-5-14)21(2)19(22)20-18(15-6-7-15)16-10-12-23-13-11-16/h14-18H,3-13H2,1-2H3,(H,20,22). The van der Waals surface area contributed by atoms with Crippen molar-refractivity contribution >= 4 is 6.03 Å². The fourth-order valence-electron chi connectivity index (χ4n) is 4.50. The maximum atomic E-state index is 12.8. The van der Waals surface area contributed by atoms with Gasteiger partial charge in [0.2, 0.25) is 0 Å². The highest BCUT2D eigenvalue weighted by molar-refractivity contribution is 5.74. The monoisotopic (exact) mass is 322 g/mol. The van der Waals surface area contributed by atoms with Gasteiger partial charge in [-0.25, -0.2) is 4.79 Å². The SMILES string of the molecule is CCC1CCC(N(C)C(=O)NC(C2CCOCC2)C2CC2)CC1. The summed E-state index contributed by atoms with van der Waals surface area (Å²) in [6.45, 7) is 4.01. The molecule has 2 saturated carbocycles. The first-order valence-electron chi connectivity index (χ1n) is 9.80. The van der Waals surface area contributed by atoms with Crippen molar-refractivity contribution in [2.24, 2.45) is 17.8 Å². The van der Waals surface area contributed by atoms with Crippen LogP contribution in [0.15, 0.2) is 0 Å². The summed E-state index contributed by atoms with van der Waals surface area (Å²) in [7, 11) is 2.00. The number of hydrogen-bond donors (Lipinski definition) is 1. The number of carbonyl (C=O) groups excluding carboxylic acids is 1. The zero-order chi connectivity index (χ0) is 16.2. The van der Waals surface area contributed by atoms with Crippen LogP contribution in [0, 0.1) is 17.8 Å². The molecule has 1 heterocycles. The van der Waals surface area contributed by atoms with Crippen LogP contribution < -0.4 is 5.32 Å². The van der Waals surface area contributed by atoms with Crippen LogP contribution in [0.2, 0.25) is 0 Å². The molecule has 132 valence electrons. The molecule has 0 aromatic rings. The molecule has 4 heteroatoms. The minimum Gasteiger partial charge on any atom is -0.381 e. The zero-order valence-electron chi connectivity index (χ0n) is 14.9. The number of hydrogen-bond acceptors (Lipinski definition) is 2. The number of rotatable bonds is 5. The molecule has 1 unspecified atom stereocenters. The molecule has 0 aromatic heterocycles. The van der Waals surface area contributed by atoms with E-state index in [4.69, 9.17) is 4.74 Å². The van der Waals surface area contributed by atoms with Gasteiger partial charge in [0.15, 0.2) is 0 Å². The topological polar surface area (TPSA) is 41.6 Å². The van der Waals surface area contributed by atoms with Crippen molar-refractivity contribution in [3.05, 3.63) is 0 Å². The molecular formula is C19H34N2O2. The Morgan fingerprint density at radius 1 is 1.04 bits per heavy atom. The lowest BCUT2D eigenvalue weighted by atomic mass is 9.84. The van der Waals surface area contributed by atoms with Crippen molar-refractivity contribution < 1.29 is 9.53 Å². The lowest BCUT2D eigenvalue weighted by molar-refractivity contribution is 0.0506. The van der Waals surface area contributed by atoms with E-state index in [0.717, 1.165) is 32.0 Å². The molecule has 23 heavy (non-hydrogen) atoms. The van der Waals surface area contributed by atoms with E-state index in [1.807, 2.05) is 11.9 Å². The molecule has 1 atom stereocenters. The fraction of sp³-hybridized carbons (Fsp3) is 0.947. The summed E-state index contributed by atoms with van der Waals surface area (Å²) in [6, 6.07) is 0.974. The van der Waals surface area contributed by atoms with Gasteiger partial charge in [0.1, 0.15) is 0 Å². The summed E-state index contributed by atoms with van der Waals surface area (Å²) in [5.41, 5.74) is 0. The number of urea groups is 1. The molecule has 2 amide bonds. The molecule has 2 aliphatic carbocycles. The van der Waals surface area contributed by atoms with Gasteiger partial charge in [0.25, 0.3) is 0 Å². The van der Waals surface area contributed by atoms with Crippen LogP contribution in [-0.4, -0.2) is 43.3 Å². The van der Waals surface area contributed by atoms with Crippen LogP contribution in [0.3, 0.4) is 0 Å². The second-order valence-corrected chi connectivity index (χ2v) is 7.96. The highest BCUT2D eigenvalue weighted by Crippen LogP contribution is 2.39. The number of carbonyl (C=O) groups is 1. The smallest absolute Gasteiger partial charge is 0.317 e.